The summed E-state index contributed by atoms with van der Waals surface area (Å²) in [5, 5.41) is 12.1. The molecule has 0 saturated heterocycles. The number of carbonyl (C=O) groups excluding carboxylic acids is 1. The minimum atomic E-state index is -1.31. The second kappa shape index (κ2) is 5.79. The lowest BCUT2D eigenvalue weighted by Gasteiger charge is -2.31. The Morgan fingerprint density at radius 3 is 2.53 bits per heavy atom. The van der Waals surface area contributed by atoms with Crippen LogP contribution in [0.3, 0.4) is 0 Å². The van der Waals surface area contributed by atoms with Gasteiger partial charge in [-0.2, -0.15) is 0 Å². The number of likely N-dealkylation sites (N-methyl/N-ethyl adjacent to an activating group) is 1. The Kier molecular flexibility index (Phi) is 4.81. The highest BCUT2D eigenvalue weighted by atomic mass is 79.9. The van der Waals surface area contributed by atoms with Gasteiger partial charge in [-0.15, -0.1) is 0 Å². The van der Waals surface area contributed by atoms with Crippen LogP contribution in [0.1, 0.15) is 13.8 Å². The van der Waals surface area contributed by atoms with E-state index in [2.05, 4.69) is 21.2 Å². The average Bonchev–Trinajstić information content (AvgIpc) is 2.33. The third kappa shape index (κ3) is 3.39. The first-order valence-corrected chi connectivity index (χ1v) is 6.57. The van der Waals surface area contributed by atoms with Crippen LogP contribution in [0.4, 0.5) is 10.5 Å². The molecule has 0 saturated carbocycles. The topological polar surface area (TPSA) is 69.6 Å². The number of amides is 2. The molecule has 0 bridgehead atoms. The number of urea groups is 1. The summed E-state index contributed by atoms with van der Waals surface area (Å²) in [6.07, 6.45) is 0. The van der Waals surface area contributed by atoms with Crippen LogP contribution in [0.5, 0.6) is 0 Å². The van der Waals surface area contributed by atoms with Gasteiger partial charge in [0.2, 0.25) is 0 Å². The van der Waals surface area contributed by atoms with Gasteiger partial charge in [-0.05, 0) is 41.9 Å². The molecule has 2 N–H and O–H groups in total. The molecule has 0 aliphatic heterocycles. The largest absolute Gasteiger partial charge is 0.480 e. The summed E-state index contributed by atoms with van der Waals surface area (Å²) < 4.78 is 0.548. The van der Waals surface area contributed by atoms with Crippen LogP contribution >= 0.6 is 27.5 Å². The number of carboxylic acid groups (broad SMARTS) is 1. The van der Waals surface area contributed by atoms with Gasteiger partial charge in [-0.3, -0.25) is 0 Å². The number of hydrogen-bond donors (Lipinski definition) is 2. The van der Waals surface area contributed by atoms with E-state index in [9.17, 15) is 9.59 Å². The van der Waals surface area contributed by atoms with Crippen molar-refractivity contribution in [1.29, 1.82) is 0 Å². The summed E-state index contributed by atoms with van der Waals surface area (Å²) in [7, 11) is 1.42. The zero-order chi connectivity index (χ0) is 14.8. The van der Waals surface area contributed by atoms with Crippen molar-refractivity contribution in [3.8, 4) is 0 Å². The smallest absolute Gasteiger partial charge is 0.329 e. The molecule has 0 heterocycles. The highest BCUT2D eigenvalue weighted by Crippen LogP contribution is 2.30. The van der Waals surface area contributed by atoms with E-state index >= 15 is 0 Å². The van der Waals surface area contributed by atoms with Crippen molar-refractivity contribution in [2.75, 3.05) is 12.4 Å². The summed E-state index contributed by atoms with van der Waals surface area (Å²) in [6, 6.07) is 4.49. The van der Waals surface area contributed by atoms with E-state index in [4.69, 9.17) is 16.7 Å². The molecule has 1 rings (SSSR count). The SMILES string of the molecule is CN(C(=O)Nc1cccc(Cl)c1Br)C(C)(C)C(=O)O. The van der Waals surface area contributed by atoms with Crippen molar-refractivity contribution < 1.29 is 14.7 Å². The molecule has 104 valence electrons. The van der Waals surface area contributed by atoms with E-state index in [1.165, 1.54) is 20.9 Å². The number of nitrogens with one attached hydrogen (secondary N) is 1. The van der Waals surface area contributed by atoms with Crippen LogP contribution in [0, 0.1) is 0 Å². The van der Waals surface area contributed by atoms with Gasteiger partial charge in [0.05, 0.1) is 15.2 Å². The van der Waals surface area contributed by atoms with E-state index in [0.717, 1.165) is 4.90 Å². The standard InChI is InChI=1S/C12H14BrClN2O3/c1-12(2,10(17)18)16(3)11(19)15-8-6-4-5-7(14)9(8)13/h4-6H,1-3H3,(H,15,19)(H,17,18). The van der Waals surface area contributed by atoms with Crippen molar-refractivity contribution in [3.63, 3.8) is 0 Å². The normalized spacial score (nSPS) is 11.0. The van der Waals surface area contributed by atoms with E-state index in [0.29, 0.717) is 15.2 Å². The van der Waals surface area contributed by atoms with E-state index in [1.807, 2.05) is 0 Å². The molecule has 1 aromatic carbocycles. The van der Waals surface area contributed by atoms with Crippen LogP contribution in [-0.4, -0.2) is 34.6 Å². The molecule has 0 spiro atoms. The highest BCUT2D eigenvalue weighted by molar-refractivity contribution is 9.10. The fraction of sp³-hybridized carbons (Fsp3) is 0.333. The lowest BCUT2D eigenvalue weighted by Crippen LogP contribution is -2.52. The molecule has 7 heteroatoms. The third-order valence-electron chi connectivity index (χ3n) is 2.86. The lowest BCUT2D eigenvalue weighted by atomic mass is 10.1. The van der Waals surface area contributed by atoms with Gasteiger partial charge in [0.15, 0.2) is 0 Å². The van der Waals surface area contributed by atoms with Crippen LogP contribution in [-0.2, 0) is 4.79 Å². The number of carboxylic acids is 1. The Morgan fingerprint density at radius 2 is 2.00 bits per heavy atom. The molecule has 0 aromatic heterocycles. The monoisotopic (exact) mass is 348 g/mol. The maximum atomic E-state index is 12.0. The molecule has 0 atom stereocenters. The molecule has 0 radical (unpaired) electrons. The van der Waals surface area contributed by atoms with Crippen LogP contribution in [0.2, 0.25) is 5.02 Å². The number of hydrogen-bond acceptors (Lipinski definition) is 2. The third-order valence-corrected chi connectivity index (χ3v) is 4.26. The first-order chi connectivity index (χ1) is 8.67. The van der Waals surface area contributed by atoms with Gasteiger partial charge < -0.3 is 15.3 Å². The second-order valence-corrected chi connectivity index (χ2v) is 5.65. The van der Waals surface area contributed by atoms with Crippen molar-refractivity contribution in [2.45, 2.75) is 19.4 Å². The van der Waals surface area contributed by atoms with Crippen LogP contribution in [0.25, 0.3) is 0 Å². The minimum absolute atomic E-state index is 0.456. The van der Waals surface area contributed by atoms with Gasteiger partial charge in [0, 0.05) is 7.05 Å². The van der Waals surface area contributed by atoms with Crippen molar-refractivity contribution in [3.05, 3.63) is 27.7 Å². The van der Waals surface area contributed by atoms with E-state index < -0.39 is 17.5 Å². The number of nitrogens with zero attached hydrogens (tertiary/aromatic N) is 1. The number of carbonyl (C=O) groups is 2. The molecule has 1 aromatic rings. The maximum Gasteiger partial charge on any atom is 0.329 e. The number of rotatable bonds is 3. The summed E-state index contributed by atoms with van der Waals surface area (Å²) in [4.78, 5) is 24.2. The molecule has 2 amide bonds. The van der Waals surface area contributed by atoms with Gasteiger partial charge in [-0.1, -0.05) is 17.7 Å². The summed E-state index contributed by atoms with van der Waals surface area (Å²) in [5.74, 6) is -1.09. The van der Waals surface area contributed by atoms with Gasteiger partial charge in [0.25, 0.3) is 0 Å². The molecule has 0 aliphatic rings. The molecule has 19 heavy (non-hydrogen) atoms. The highest BCUT2D eigenvalue weighted by Gasteiger charge is 2.35. The first kappa shape index (κ1) is 15.8. The molecule has 0 aliphatic carbocycles. The zero-order valence-corrected chi connectivity index (χ0v) is 13.0. The number of benzene rings is 1. The van der Waals surface area contributed by atoms with Gasteiger partial charge in [0.1, 0.15) is 5.54 Å². The van der Waals surface area contributed by atoms with Crippen molar-refractivity contribution in [2.24, 2.45) is 0 Å². The van der Waals surface area contributed by atoms with Crippen LogP contribution in [0.15, 0.2) is 22.7 Å². The molecule has 0 unspecified atom stereocenters. The Morgan fingerprint density at radius 1 is 1.42 bits per heavy atom. The predicted octanol–water partition coefficient (Wildman–Crippen LogP) is 3.43. The Bertz CT molecular complexity index is 520. The predicted molar refractivity (Wildman–Crippen MR) is 77.6 cm³/mol. The quantitative estimate of drug-likeness (QED) is 0.878. The fourth-order valence-electron chi connectivity index (χ4n) is 1.20. The minimum Gasteiger partial charge on any atom is -0.480 e. The maximum absolute atomic E-state index is 12.0. The number of halogens is 2. The van der Waals surface area contributed by atoms with E-state index in [1.54, 1.807) is 18.2 Å². The fourth-order valence-corrected chi connectivity index (χ4v) is 1.73. The Labute approximate surface area is 124 Å². The number of anilines is 1. The number of aliphatic carboxylic acids is 1. The van der Waals surface area contributed by atoms with E-state index in [-0.39, 0.29) is 0 Å². The Hall–Kier alpha value is -1.27. The zero-order valence-electron chi connectivity index (χ0n) is 10.7. The Balaban J connectivity index is 2.92. The van der Waals surface area contributed by atoms with Gasteiger partial charge in [-0.25, -0.2) is 9.59 Å². The lowest BCUT2D eigenvalue weighted by molar-refractivity contribution is -0.146. The molecule has 0 fully saturated rings. The first-order valence-electron chi connectivity index (χ1n) is 5.40. The molecule has 5 nitrogen and oxygen atoms in total. The average molecular weight is 350 g/mol. The van der Waals surface area contributed by atoms with Crippen molar-refractivity contribution in [1.82, 2.24) is 4.90 Å². The molecular weight excluding hydrogens is 336 g/mol. The second-order valence-electron chi connectivity index (χ2n) is 4.45. The summed E-state index contributed by atoms with van der Waals surface area (Å²) >= 11 is 9.17. The van der Waals surface area contributed by atoms with Crippen LogP contribution < -0.4 is 5.32 Å². The van der Waals surface area contributed by atoms with Gasteiger partial charge >= 0.3 is 12.0 Å². The van der Waals surface area contributed by atoms with Crippen molar-refractivity contribution >= 4 is 45.2 Å². The summed E-state index contributed by atoms with van der Waals surface area (Å²) in [6.45, 7) is 2.89. The summed E-state index contributed by atoms with van der Waals surface area (Å²) in [5.41, 5.74) is -0.833. The molecular formula is C12H14BrClN2O3.